The zero-order valence-corrected chi connectivity index (χ0v) is 14.1. The van der Waals surface area contributed by atoms with E-state index in [1.54, 1.807) is 11.3 Å². The van der Waals surface area contributed by atoms with E-state index in [9.17, 15) is 4.79 Å². The van der Waals surface area contributed by atoms with Crippen LogP contribution in [-0.4, -0.2) is 5.91 Å². The molecule has 1 aromatic heterocycles. The lowest BCUT2D eigenvalue weighted by Crippen LogP contribution is -2.28. The number of rotatable bonds is 4. The van der Waals surface area contributed by atoms with Crippen LogP contribution in [-0.2, 0) is 0 Å². The fraction of sp³-hybridized carbons (Fsp3) is 0.150. The summed E-state index contributed by atoms with van der Waals surface area (Å²) in [6.45, 7) is 4.08. The van der Waals surface area contributed by atoms with Crippen LogP contribution in [0.4, 0.5) is 0 Å². The quantitative estimate of drug-likeness (QED) is 0.728. The smallest absolute Gasteiger partial charge is 0.252 e. The van der Waals surface area contributed by atoms with Crippen molar-refractivity contribution in [2.45, 2.75) is 19.9 Å². The largest absolute Gasteiger partial charge is 0.340 e. The summed E-state index contributed by atoms with van der Waals surface area (Å²) >= 11 is 1.65. The molecule has 2 nitrogen and oxygen atoms in total. The Balaban J connectivity index is 1.88. The Bertz CT molecular complexity index is 774. The van der Waals surface area contributed by atoms with E-state index < -0.39 is 0 Å². The summed E-state index contributed by atoms with van der Waals surface area (Å²) in [6.07, 6.45) is 0. The van der Waals surface area contributed by atoms with Crippen LogP contribution in [0.15, 0.2) is 66.0 Å². The minimum Gasteiger partial charge on any atom is -0.340 e. The molecular weight excluding hydrogens is 302 g/mol. The molecule has 1 amide bonds. The molecule has 3 heteroatoms. The SMILES string of the molecule is Cc1ccc(C(=O)N[C@@H](c2ccc(C)cc2)c2cccs2)cc1. The van der Waals surface area contributed by atoms with E-state index in [0.717, 1.165) is 16.0 Å². The fourth-order valence-corrected chi connectivity index (χ4v) is 3.26. The number of thiophene rings is 1. The van der Waals surface area contributed by atoms with E-state index in [-0.39, 0.29) is 11.9 Å². The van der Waals surface area contributed by atoms with Crippen molar-refractivity contribution >= 4 is 17.2 Å². The maximum atomic E-state index is 12.6. The first-order valence-electron chi connectivity index (χ1n) is 7.61. The third-order valence-electron chi connectivity index (χ3n) is 3.83. The molecule has 0 saturated carbocycles. The highest BCUT2D eigenvalue weighted by Crippen LogP contribution is 2.26. The molecule has 0 radical (unpaired) electrons. The van der Waals surface area contributed by atoms with Gasteiger partial charge in [-0.2, -0.15) is 0 Å². The number of hydrogen-bond donors (Lipinski definition) is 1. The van der Waals surface area contributed by atoms with E-state index in [4.69, 9.17) is 0 Å². The van der Waals surface area contributed by atoms with E-state index >= 15 is 0 Å². The van der Waals surface area contributed by atoms with Crippen molar-refractivity contribution in [1.29, 1.82) is 0 Å². The second-order valence-electron chi connectivity index (χ2n) is 5.70. The van der Waals surface area contributed by atoms with Gasteiger partial charge in [0.1, 0.15) is 0 Å². The fourth-order valence-electron chi connectivity index (χ4n) is 2.45. The molecule has 116 valence electrons. The van der Waals surface area contributed by atoms with Crippen molar-refractivity contribution in [3.63, 3.8) is 0 Å². The van der Waals surface area contributed by atoms with Gasteiger partial charge in [0.15, 0.2) is 0 Å². The van der Waals surface area contributed by atoms with E-state index in [1.165, 1.54) is 5.56 Å². The Kier molecular flexibility index (Phi) is 4.58. The summed E-state index contributed by atoms with van der Waals surface area (Å²) in [5, 5.41) is 5.20. The first kappa shape index (κ1) is 15.5. The number of amides is 1. The zero-order chi connectivity index (χ0) is 16.2. The molecule has 0 spiro atoms. The van der Waals surface area contributed by atoms with Crippen LogP contribution in [0.3, 0.4) is 0 Å². The van der Waals surface area contributed by atoms with Crippen molar-refractivity contribution < 1.29 is 4.79 Å². The van der Waals surface area contributed by atoms with Crippen molar-refractivity contribution in [2.75, 3.05) is 0 Å². The lowest BCUT2D eigenvalue weighted by molar-refractivity contribution is 0.0943. The number of nitrogens with one attached hydrogen (secondary N) is 1. The first-order valence-corrected chi connectivity index (χ1v) is 8.49. The Morgan fingerprint density at radius 2 is 1.52 bits per heavy atom. The Morgan fingerprint density at radius 1 is 0.913 bits per heavy atom. The Labute approximate surface area is 140 Å². The predicted octanol–water partition coefficient (Wildman–Crippen LogP) is 4.88. The molecule has 0 aliphatic carbocycles. The van der Waals surface area contributed by atoms with Gasteiger partial charge in [-0.25, -0.2) is 0 Å². The maximum Gasteiger partial charge on any atom is 0.252 e. The Morgan fingerprint density at radius 3 is 2.09 bits per heavy atom. The van der Waals surface area contributed by atoms with Crippen LogP contribution < -0.4 is 5.32 Å². The van der Waals surface area contributed by atoms with Gasteiger partial charge in [-0.05, 0) is 43.0 Å². The molecule has 23 heavy (non-hydrogen) atoms. The summed E-state index contributed by atoms with van der Waals surface area (Å²) < 4.78 is 0. The van der Waals surface area contributed by atoms with Gasteiger partial charge in [-0.1, -0.05) is 53.6 Å². The van der Waals surface area contributed by atoms with Gasteiger partial charge in [0.2, 0.25) is 0 Å². The van der Waals surface area contributed by atoms with Gasteiger partial charge in [0.25, 0.3) is 5.91 Å². The second kappa shape index (κ2) is 6.80. The molecule has 1 atom stereocenters. The van der Waals surface area contributed by atoms with Crippen molar-refractivity contribution in [3.05, 3.63) is 93.2 Å². The van der Waals surface area contributed by atoms with Gasteiger partial charge >= 0.3 is 0 Å². The molecule has 0 bridgehead atoms. The highest BCUT2D eigenvalue weighted by molar-refractivity contribution is 7.10. The topological polar surface area (TPSA) is 29.1 Å². The normalized spacial score (nSPS) is 11.9. The summed E-state index contributed by atoms with van der Waals surface area (Å²) in [4.78, 5) is 13.7. The summed E-state index contributed by atoms with van der Waals surface area (Å²) in [5.41, 5.74) is 4.14. The minimum atomic E-state index is -0.121. The molecule has 1 heterocycles. The van der Waals surface area contributed by atoms with Gasteiger partial charge in [-0.3, -0.25) is 4.79 Å². The first-order chi connectivity index (χ1) is 11.1. The number of carbonyl (C=O) groups excluding carboxylic acids is 1. The number of benzene rings is 2. The standard InChI is InChI=1S/C20H19NOS/c1-14-5-9-16(10-6-14)19(18-4-3-13-23-18)21-20(22)17-11-7-15(2)8-12-17/h3-13,19H,1-2H3,(H,21,22)/t19-/m0/s1. The minimum absolute atomic E-state index is 0.0519. The number of aryl methyl sites for hydroxylation is 2. The van der Waals surface area contributed by atoms with Crippen LogP contribution in [0.1, 0.15) is 38.0 Å². The molecule has 1 N–H and O–H groups in total. The van der Waals surface area contributed by atoms with Gasteiger partial charge in [0, 0.05) is 10.4 Å². The van der Waals surface area contributed by atoms with Gasteiger partial charge in [-0.15, -0.1) is 11.3 Å². The van der Waals surface area contributed by atoms with E-state index in [2.05, 4.69) is 42.6 Å². The Hall–Kier alpha value is -2.39. The van der Waals surface area contributed by atoms with Crippen LogP contribution in [0, 0.1) is 13.8 Å². The maximum absolute atomic E-state index is 12.6. The molecule has 0 fully saturated rings. The van der Waals surface area contributed by atoms with Crippen molar-refractivity contribution in [1.82, 2.24) is 5.32 Å². The molecule has 0 unspecified atom stereocenters. The highest BCUT2D eigenvalue weighted by Gasteiger charge is 2.18. The molecule has 0 saturated heterocycles. The van der Waals surface area contributed by atoms with E-state index in [1.807, 2.05) is 42.6 Å². The second-order valence-corrected chi connectivity index (χ2v) is 6.68. The molecular formula is C20H19NOS. The zero-order valence-electron chi connectivity index (χ0n) is 13.2. The number of carbonyl (C=O) groups is 1. The van der Waals surface area contributed by atoms with Gasteiger partial charge in [0.05, 0.1) is 6.04 Å². The third kappa shape index (κ3) is 3.69. The lowest BCUT2D eigenvalue weighted by Gasteiger charge is -2.18. The van der Waals surface area contributed by atoms with Crippen LogP contribution in [0.25, 0.3) is 0 Å². The molecule has 3 aromatic rings. The van der Waals surface area contributed by atoms with E-state index in [0.29, 0.717) is 5.56 Å². The summed E-state index contributed by atoms with van der Waals surface area (Å²) in [6, 6.07) is 19.9. The average Bonchev–Trinajstić information content (AvgIpc) is 3.08. The van der Waals surface area contributed by atoms with Crippen molar-refractivity contribution in [2.24, 2.45) is 0 Å². The molecule has 0 aliphatic rings. The summed E-state index contributed by atoms with van der Waals surface area (Å²) in [5.74, 6) is -0.0519. The highest BCUT2D eigenvalue weighted by atomic mass is 32.1. The lowest BCUT2D eigenvalue weighted by atomic mass is 10.0. The molecule has 0 aliphatic heterocycles. The van der Waals surface area contributed by atoms with Crippen LogP contribution in [0.5, 0.6) is 0 Å². The molecule has 2 aromatic carbocycles. The summed E-state index contributed by atoms with van der Waals surface area (Å²) in [7, 11) is 0. The molecule has 3 rings (SSSR count). The van der Waals surface area contributed by atoms with Gasteiger partial charge < -0.3 is 5.32 Å². The predicted molar refractivity (Wildman–Crippen MR) is 96.0 cm³/mol. The third-order valence-corrected chi connectivity index (χ3v) is 4.76. The average molecular weight is 321 g/mol. The number of hydrogen-bond acceptors (Lipinski definition) is 2. The van der Waals surface area contributed by atoms with Crippen LogP contribution in [0.2, 0.25) is 0 Å². The van der Waals surface area contributed by atoms with Crippen LogP contribution >= 0.6 is 11.3 Å². The monoisotopic (exact) mass is 321 g/mol. The van der Waals surface area contributed by atoms with Crippen molar-refractivity contribution in [3.8, 4) is 0 Å².